The predicted molar refractivity (Wildman–Crippen MR) is 65.9 cm³/mol. The number of hydrogen-bond acceptors (Lipinski definition) is 4. The molecule has 0 fully saturated rings. The zero-order valence-corrected chi connectivity index (χ0v) is 9.75. The first-order valence-electron chi connectivity index (χ1n) is 5.29. The number of aryl methyl sites for hydroxylation is 1. The summed E-state index contributed by atoms with van der Waals surface area (Å²) in [6, 6.07) is 6.13. The summed E-state index contributed by atoms with van der Waals surface area (Å²) in [5, 5.41) is 5.25. The molecule has 0 unspecified atom stereocenters. The lowest BCUT2D eigenvalue weighted by Gasteiger charge is -1.93. The number of rotatable bonds is 1. The summed E-state index contributed by atoms with van der Waals surface area (Å²) < 4.78 is 4.11. The molecule has 0 aliphatic rings. The van der Waals surface area contributed by atoms with E-state index in [1.54, 1.807) is 12.4 Å². The van der Waals surface area contributed by atoms with Gasteiger partial charge in [-0.1, -0.05) is 0 Å². The molecule has 0 saturated heterocycles. The molecule has 6 nitrogen and oxygen atoms in total. The highest BCUT2D eigenvalue weighted by Crippen LogP contribution is 2.18. The van der Waals surface area contributed by atoms with E-state index in [4.69, 9.17) is 0 Å². The van der Waals surface area contributed by atoms with Gasteiger partial charge in [0.15, 0.2) is 0 Å². The van der Waals surface area contributed by atoms with E-state index < -0.39 is 5.76 Å². The zero-order chi connectivity index (χ0) is 12.8. The van der Waals surface area contributed by atoms with Gasteiger partial charge in [0.1, 0.15) is 0 Å². The number of H-pyrrole nitrogens is 2. The van der Waals surface area contributed by atoms with Crippen LogP contribution in [0.4, 0.5) is 0 Å². The van der Waals surface area contributed by atoms with Crippen LogP contribution in [0.1, 0.15) is 5.69 Å². The molecule has 2 N–H and O–H groups in total. The monoisotopic (exact) mass is 244 g/mol. The first-order chi connectivity index (χ1) is 8.75. The largest absolute Gasteiger partial charge is 0.434 e. The van der Waals surface area contributed by atoms with Crippen molar-refractivity contribution >= 4 is 0 Å². The lowest BCUT2D eigenvalue weighted by atomic mass is 10.1. The van der Waals surface area contributed by atoms with Crippen molar-refractivity contribution in [1.29, 1.82) is 0 Å². The quantitative estimate of drug-likeness (QED) is 0.682. The lowest BCUT2D eigenvalue weighted by molar-refractivity contribution is 0.513. The minimum Gasteiger partial charge on any atom is -0.395 e. The molecule has 0 spiro atoms. The molecule has 0 radical (unpaired) electrons. The SMILES string of the molecule is Cc1cc(-c2ccncc2)c[nH]1.O=c1[nH]nco1. The molecule has 3 heterocycles. The molecule has 0 aliphatic heterocycles. The van der Waals surface area contributed by atoms with Crippen LogP contribution in [0.5, 0.6) is 0 Å². The highest BCUT2D eigenvalue weighted by Gasteiger charge is 1.96. The minimum absolute atomic E-state index is 0.519. The van der Waals surface area contributed by atoms with Gasteiger partial charge in [0.25, 0.3) is 0 Å². The Bertz CT molecular complexity index is 622. The van der Waals surface area contributed by atoms with E-state index in [9.17, 15) is 4.79 Å². The third-order valence-corrected chi connectivity index (χ3v) is 2.21. The van der Waals surface area contributed by atoms with Crippen molar-refractivity contribution < 1.29 is 4.42 Å². The molecule has 3 aromatic heterocycles. The smallest absolute Gasteiger partial charge is 0.395 e. The van der Waals surface area contributed by atoms with Crippen molar-refractivity contribution in [2.75, 3.05) is 0 Å². The summed E-state index contributed by atoms with van der Waals surface area (Å²) in [5.41, 5.74) is 3.60. The summed E-state index contributed by atoms with van der Waals surface area (Å²) >= 11 is 0. The van der Waals surface area contributed by atoms with Crippen LogP contribution in [0.25, 0.3) is 11.1 Å². The molecule has 0 saturated carbocycles. The van der Waals surface area contributed by atoms with Crippen LogP contribution in [0.3, 0.4) is 0 Å². The van der Waals surface area contributed by atoms with Gasteiger partial charge >= 0.3 is 5.76 Å². The number of pyridine rings is 1. The van der Waals surface area contributed by atoms with Gasteiger partial charge in [-0.05, 0) is 36.2 Å². The van der Waals surface area contributed by atoms with E-state index in [1.807, 2.05) is 30.4 Å². The van der Waals surface area contributed by atoms with Crippen molar-refractivity contribution in [2.24, 2.45) is 0 Å². The molecule has 0 aromatic carbocycles. The van der Waals surface area contributed by atoms with Crippen molar-refractivity contribution in [3.63, 3.8) is 0 Å². The van der Waals surface area contributed by atoms with Crippen LogP contribution < -0.4 is 5.76 Å². The van der Waals surface area contributed by atoms with Gasteiger partial charge in [-0.2, -0.15) is 0 Å². The fourth-order valence-electron chi connectivity index (χ4n) is 1.40. The Balaban J connectivity index is 0.000000169. The first kappa shape index (κ1) is 11.8. The average molecular weight is 244 g/mol. The number of hydrogen-bond donors (Lipinski definition) is 2. The van der Waals surface area contributed by atoms with Gasteiger partial charge in [-0.25, -0.2) is 9.89 Å². The van der Waals surface area contributed by atoms with E-state index in [2.05, 4.69) is 25.6 Å². The van der Waals surface area contributed by atoms with Crippen molar-refractivity contribution in [1.82, 2.24) is 20.2 Å². The molecule has 0 aliphatic carbocycles. The highest BCUT2D eigenvalue weighted by atomic mass is 16.4. The summed E-state index contributed by atoms with van der Waals surface area (Å²) in [7, 11) is 0. The van der Waals surface area contributed by atoms with Crippen molar-refractivity contribution in [3.8, 4) is 11.1 Å². The number of nitrogens with one attached hydrogen (secondary N) is 2. The summed E-state index contributed by atoms with van der Waals surface area (Å²) in [6.45, 7) is 2.05. The molecule has 0 amide bonds. The minimum atomic E-state index is -0.519. The van der Waals surface area contributed by atoms with E-state index in [0.717, 1.165) is 6.39 Å². The van der Waals surface area contributed by atoms with E-state index in [0.29, 0.717) is 0 Å². The molecular weight excluding hydrogens is 232 g/mol. The van der Waals surface area contributed by atoms with Gasteiger partial charge < -0.3 is 9.40 Å². The van der Waals surface area contributed by atoms with Crippen molar-refractivity contribution in [2.45, 2.75) is 6.92 Å². The van der Waals surface area contributed by atoms with Crippen LogP contribution >= 0.6 is 0 Å². The molecular formula is C12H12N4O2. The van der Waals surface area contributed by atoms with Gasteiger partial charge in [0.05, 0.1) is 0 Å². The van der Waals surface area contributed by atoms with E-state index >= 15 is 0 Å². The van der Waals surface area contributed by atoms with Gasteiger partial charge in [-0.15, -0.1) is 5.10 Å². The second-order valence-corrected chi connectivity index (χ2v) is 3.56. The van der Waals surface area contributed by atoms with Crippen LogP contribution in [-0.4, -0.2) is 20.2 Å². The maximum absolute atomic E-state index is 9.78. The Morgan fingerprint density at radius 1 is 1.22 bits per heavy atom. The molecule has 18 heavy (non-hydrogen) atoms. The maximum atomic E-state index is 9.78. The maximum Gasteiger partial charge on any atom is 0.434 e. The summed E-state index contributed by atoms with van der Waals surface area (Å²) in [6.07, 6.45) is 6.66. The lowest BCUT2D eigenvalue weighted by Crippen LogP contribution is -1.93. The molecule has 92 valence electrons. The van der Waals surface area contributed by atoms with Crippen LogP contribution in [0.2, 0.25) is 0 Å². The molecule has 3 aromatic rings. The molecule has 0 atom stereocenters. The predicted octanol–water partition coefficient (Wildman–Crippen LogP) is 1.75. The Labute approximate surface area is 103 Å². The zero-order valence-electron chi connectivity index (χ0n) is 9.75. The highest BCUT2D eigenvalue weighted by molar-refractivity contribution is 5.62. The normalized spacial score (nSPS) is 9.61. The second-order valence-electron chi connectivity index (χ2n) is 3.56. The van der Waals surface area contributed by atoms with Crippen LogP contribution in [-0.2, 0) is 0 Å². The molecule has 0 bridgehead atoms. The number of nitrogens with zero attached hydrogens (tertiary/aromatic N) is 2. The first-order valence-corrected chi connectivity index (χ1v) is 5.29. The Kier molecular flexibility index (Phi) is 3.70. The number of aromatic nitrogens is 4. The fourth-order valence-corrected chi connectivity index (χ4v) is 1.40. The van der Waals surface area contributed by atoms with Gasteiger partial charge in [-0.3, -0.25) is 4.98 Å². The summed E-state index contributed by atoms with van der Waals surface area (Å²) in [4.78, 5) is 16.9. The van der Waals surface area contributed by atoms with Crippen LogP contribution in [0.15, 0.2) is 52.4 Å². The van der Waals surface area contributed by atoms with Crippen molar-refractivity contribution in [3.05, 3.63) is 59.4 Å². The van der Waals surface area contributed by atoms with E-state index in [1.165, 1.54) is 16.8 Å². The van der Waals surface area contributed by atoms with E-state index in [-0.39, 0.29) is 0 Å². The third-order valence-electron chi connectivity index (χ3n) is 2.21. The topological polar surface area (TPSA) is 87.6 Å². The summed E-state index contributed by atoms with van der Waals surface area (Å²) in [5.74, 6) is -0.519. The van der Waals surface area contributed by atoms with Gasteiger partial charge in [0, 0.05) is 24.3 Å². The fraction of sp³-hybridized carbons (Fsp3) is 0.0833. The standard InChI is InChI=1S/C10H10N2.C2H2N2O2/c1-8-6-10(7-12-8)9-2-4-11-5-3-9;5-2-4-3-1-6-2/h2-7,12H,1H3;1H,(H,4,5). The molecule has 6 heteroatoms. The Morgan fingerprint density at radius 3 is 2.44 bits per heavy atom. The Morgan fingerprint density at radius 2 is 2.00 bits per heavy atom. The third kappa shape index (κ3) is 3.18. The molecule has 3 rings (SSSR count). The number of aromatic amines is 2. The average Bonchev–Trinajstić information content (AvgIpc) is 3.03. The second kappa shape index (κ2) is 5.62. The van der Waals surface area contributed by atoms with Crippen LogP contribution in [0, 0.1) is 6.92 Å². The Hall–Kier alpha value is -2.63. The van der Waals surface area contributed by atoms with Gasteiger partial charge in [0.2, 0.25) is 6.39 Å².